The first kappa shape index (κ1) is 13.8. The van der Waals surface area contributed by atoms with Crippen molar-refractivity contribution in [2.45, 2.75) is 39.2 Å². The molecule has 1 fully saturated rings. The third-order valence-electron chi connectivity index (χ3n) is 2.99. The van der Waals surface area contributed by atoms with E-state index >= 15 is 0 Å². The Balaban J connectivity index is 2.62. The molecule has 0 bridgehead atoms. The van der Waals surface area contributed by atoms with Gasteiger partial charge in [-0.3, -0.25) is 9.69 Å². The van der Waals surface area contributed by atoms with Crippen LogP contribution in [-0.4, -0.2) is 36.1 Å². The van der Waals surface area contributed by atoms with Gasteiger partial charge in [0.1, 0.15) is 0 Å². The fourth-order valence-corrected chi connectivity index (χ4v) is 1.77. The minimum atomic E-state index is -0.856. The molecule has 0 radical (unpaired) electrons. The highest BCUT2D eigenvalue weighted by Crippen LogP contribution is 2.18. The summed E-state index contributed by atoms with van der Waals surface area (Å²) >= 11 is 0. The molecule has 0 spiro atoms. The standard InChI is InChI=1S/C14H21NO2/c1-12(2)14(4,17-13(3)16)8-7-11-15-9-5-6-10-15/h1,5-6,9-11H2,2-4H3/t14-/m1/s1. The summed E-state index contributed by atoms with van der Waals surface area (Å²) < 4.78 is 5.23. The fraction of sp³-hybridized carbons (Fsp3) is 0.643. The van der Waals surface area contributed by atoms with Crippen molar-refractivity contribution in [1.82, 2.24) is 4.90 Å². The minimum absolute atomic E-state index is 0.328. The van der Waals surface area contributed by atoms with E-state index in [9.17, 15) is 4.79 Å². The largest absolute Gasteiger partial charge is 0.442 e. The molecule has 0 N–H and O–H groups in total. The molecule has 0 aromatic heterocycles. The Morgan fingerprint density at radius 1 is 1.41 bits per heavy atom. The topological polar surface area (TPSA) is 29.5 Å². The molecule has 0 aromatic carbocycles. The zero-order chi connectivity index (χ0) is 12.9. The Labute approximate surface area is 104 Å². The molecule has 94 valence electrons. The predicted octanol–water partition coefficient (Wildman–Crippen LogP) is 1.98. The van der Waals surface area contributed by atoms with Crippen LogP contribution in [0.3, 0.4) is 0 Å². The molecule has 0 aromatic rings. The third kappa shape index (κ3) is 4.24. The first-order valence-electron chi connectivity index (χ1n) is 6.02. The minimum Gasteiger partial charge on any atom is -0.442 e. The average Bonchev–Trinajstić information content (AvgIpc) is 2.69. The van der Waals surface area contributed by atoms with Gasteiger partial charge in [-0.1, -0.05) is 12.5 Å². The van der Waals surface area contributed by atoms with Gasteiger partial charge in [-0.05, 0) is 51.3 Å². The first-order valence-corrected chi connectivity index (χ1v) is 6.02. The second-order valence-corrected chi connectivity index (χ2v) is 4.69. The number of rotatable bonds is 3. The molecule has 3 nitrogen and oxygen atoms in total. The van der Waals surface area contributed by atoms with Gasteiger partial charge in [-0.2, -0.15) is 0 Å². The lowest BCUT2D eigenvalue weighted by molar-refractivity contribution is -0.147. The van der Waals surface area contributed by atoms with Gasteiger partial charge in [0.15, 0.2) is 5.60 Å². The summed E-state index contributed by atoms with van der Waals surface area (Å²) in [7, 11) is 0. The maximum absolute atomic E-state index is 11.0. The van der Waals surface area contributed by atoms with Gasteiger partial charge in [0.2, 0.25) is 0 Å². The van der Waals surface area contributed by atoms with Crippen LogP contribution in [-0.2, 0) is 9.53 Å². The number of esters is 1. The molecule has 3 heteroatoms. The van der Waals surface area contributed by atoms with Gasteiger partial charge in [0.05, 0.1) is 6.54 Å². The normalized spacial score (nSPS) is 19.0. The Morgan fingerprint density at radius 2 is 2.00 bits per heavy atom. The van der Waals surface area contributed by atoms with Crippen molar-refractivity contribution in [1.29, 1.82) is 0 Å². The van der Waals surface area contributed by atoms with Gasteiger partial charge in [-0.25, -0.2) is 0 Å². The zero-order valence-electron chi connectivity index (χ0n) is 11.0. The van der Waals surface area contributed by atoms with Gasteiger partial charge < -0.3 is 4.74 Å². The summed E-state index contributed by atoms with van der Waals surface area (Å²) in [6.07, 6.45) is 2.51. The van der Waals surface area contributed by atoms with E-state index in [1.54, 1.807) is 6.92 Å². The van der Waals surface area contributed by atoms with Crippen LogP contribution >= 0.6 is 0 Å². The van der Waals surface area contributed by atoms with Gasteiger partial charge in [0.25, 0.3) is 0 Å². The molecule has 1 saturated heterocycles. The number of nitrogens with zero attached hydrogens (tertiary/aromatic N) is 1. The van der Waals surface area contributed by atoms with E-state index in [1.807, 2.05) is 6.92 Å². The lowest BCUT2D eigenvalue weighted by Crippen LogP contribution is -2.30. The summed E-state index contributed by atoms with van der Waals surface area (Å²) in [4.78, 5) is 13.3. The number of ether oxygens (including phenoxy) is 1. The van der Waals surface area contributed by atoms with Crippen molar-refractivity contribution in [2.24, 2.45) is 0 Å². The highest BCUT2D eigenvalue weighted by atomic mass is 16.6. The van der Waals surface area contributed by atoms with Crippen LogP contribution in [0.4, 0.5) is 0 Å². The summed E-state index contributed by atoms with van der Waals surface area (Å²) in [5.41, 5.74) is -0.104. The molecule has 0 unspecified atom stereocenters. The number of hydrogen-bond acceptors (Lipinski definition) is 3. The Bertz CT molecular complexity index is 358. The Kier molecular flexibility index (Phi) is 4.77. The van der Waals surface area contributed by atoms with Crippen molar-refractivity contribution in [3.05, 3.63) is 12.2 Å². The number of hydrogen-bond donors (Lipinski definition) is 0. The van der Waals surface area contributed by atoms with Crippen LogP contribution in [0.1, 0.15) is 33.6 Å². The van der Waals surface area contributed by atoms with Gasteiger partial charge in [-0.15, -0.1) is 0 Å². The van der Waals surface area contributed by atoms with Crippen LogP contribution < -0.4 is 0 Å². The summed E-state index contributed by atoms with van der Waals surface area (Å²) in [5, 5.41) is 0. The van der Waals surface area contributed by atoms with Crippen LogP contribution in [0.2, 0.25) is 0 Å². The summed E-state index contributed by atoms with van der Waals surface area (Å²) in [6, 6.07) is 0. The van der Waals surface area contributed by atoms with Crippen LogP contribution in [0.5, 0.6) is 0 Å². The monoisotopic (exact) mass is 235 g/mol. The lowest BCUT2D eigenvalue weighted by atomic mass is 9.99. The van der Waals surface area contributed by atoms with Crippen molar-refractivity contribution in [2.75, 3.05) is 19.6 Å². The Morgan fingerprint density at radius 3 is 2.47 bits per heavy atom. The first-order chi connectivity index (χ1) is 7.94. The van der Waals surface area contributed by atoms with Crippen molar-refractivity contribution < 1.29 is 9.53 Å². The van der Waals surface area contributed by atoms with E-state index in [4.69, 9.17) is 4.74 Å². The third-order valence-corrected chi connectivity index (χ3v) is 2.99. The molecule has 1 rings (SSSR count). The predicted molar refractivity (Wildman–Crippen MR) is 68.4 cm³/mol. The van der Waals surface area contributed by atoms with Crippen molar-refractivity contribution in [3.8, 4) is 11.8 Å². The number of likely N-dealkylation sites (tertiary alicyclic amines) is 1. The summed E-state index contributed by atoms with van der Waals surface area (Å²) in [6.45, 7) is 11.8. The second-order valence-electron chi connectivity index (χ2n) is 4.69. The molecule has 1 atom stereocenters. The van der Waals surface area contributed by atoms with Gasteiger partial charge in [0, 0.05) is 6.92 Å². The quantitative estimate of drug-likeness (QED) is 0.425. The maximum atomic E-state index is 11.0. The van der Waals surface area contributed by atoms with E-state index in [0.717, 1.165) is 25.2 Å². The second kappa shape index (κ2) is 5.88. The molecule has 1 aliphatic rings. The van der Waals surface area contributed by atoms with Crippen LogP contribution in [0.25, 0.3) is 0 Å². The maximum Gasteiger partial charge on any atom is 0.304 e. The highest BCUT2D eigenvalue weighted by molar-refractivity contribution is 5.67. The van der Waals surface area contributed by atoms with E-state index in [0.29, 0.717) is 0 Å². The smallest absolute Gasteiger partial charge is 0.304 e. The number of carbonyl (C=O) groups is 1. The molecule has 1 heterocycles. The molecule has 0 aliphatic carbocycles. The molecule has 17 heavy (non-hydrogen) atoms. The SMILES string of the molecule is C=C(C)[C@@](C)(C#CCN1CCCC1)OC(C)=O. The van der Waals surface area contributed by atoms with E-state index < -0.39 is 5.60 Å². The van der Waals surface area contributed by atoms with Crippen molar-refractivity contribution >= 4 is 5.97 Å². The molecular weight excluding hydrogens is 214 g/mol. The summed E-state index contributed by atoms with van der Waals surface area (Å²) in [5.74, 6) is 5.78. The molecular formula is C14H21NO2. The molecule has 0 saturated carbocycles. The lowest BCUT2D eigenvalue weighted by Gasteiger charge is -2.23. The van der Waals surface area contributed by atoms with E-state index in [-0.39, 0.29) is 5.97 Å². The van der Waals surface area contributed by atoms with Crippen molar-refractivity contribution in [3.63, 3.8) is 0 Å². The molecule has 1 aliphatic heterocycles. The highest BCUT2D eigenvalue weighted by Gasteiger charge is 2.26. The number of carbonyl (C=O) groups excluding carboxylic acids is 1. The van der Waals surface area contributed by atoms with Gasteiger partial charge >= 0.3 is 5.97 Å². The fourth-order valence-electron chi connectivity index (χ4n) is 1.77. The van der Waals surface area contributed by atoms with Crippen LogP contribution in [0.15, 0.2) is 12.2 Å². The zero-order valence-corrected chi connectivity index (χ0v) is 11.0. The van der Waals surface area contributed by atoms with Crippen LogP contribution in [0, 0.1) is 11.8 Å². The average molecular weight is 235 g/mol. The van der Waals surface area contributed by atoms with E-state index in [2.05, 4.69) is 23.3 Å². The Hall–Kier alpha value is -1.27. The molecule has 0 amide bonds. The van der Waals surface area contributed by atoms with E-state index in [1.165, 1.54) is 19.8 Å².